The summed E-state index contributed by atoms with van der Waals surface area (Å²) in [5.74, 6) is 0.0127. The number of carbonyl (C=O) groups is 1. The maximum absolute atomic E-state index is 13.2. The van der Waals surface area contributed by atoms with E-state index in [0.29, 0.717) is 11.3 Å². The normalized spacial score (nSPS) is 12.2. The maximum atomic E-state index is 13.2. The van der Waals surface area contributed by atoms with Gasteiger partial charge in [0.2, 0.25) is 0 Å². The number of hydrogen-bond acceptors (Lipinski definition) is 4. The van der Waals surface area contributed by atoms with Gasteiger partial charge in [-0.3, -0.25) is 14.3 Å². The number of hydrogen-bond donors (Lipinski definition) is 0. The summed E-state index contributed by atoms with van der Waals surface area (Å²) >= 11 is 0. The number of carbonyl (C=O) groups excluding carboxylic acids is 1. The summed E-state index contributed by atoms with van der Waals surface area (Å²) < 4.78 is 14.4. The SMILES string of the molecule is COc1ccc2cc(C(C)C(=O)OCc3c(C(C)C)c(=O)n(-c4ccccc4)n3C)ccc2c1. The Balaban J connectivity index is 1.58. The van der Waals surface area contributed by atoms with Crippen LogP contribution in [-0.2, 0) is 23.2 Å². The Morgan fingerprint density at radius 1 is 0.941 bits per heavy atom. The van der Waals surface area contributed by atoms with Crippen molar-refractivity contribution in [1.29, 1.82) is 0 Å². The van der Waals surface area contributed by atoms with Crippen molar-refractivity contribution in [3.05, 3.63) is 93.9 Å². The van der Waals surface area contributed by atoms with Gasteiger partial charge in [0.1, 0.15) is 12.4 Å². The van der Waals surface area contributed by atoms with Crippen molar-refractivity contribution in [2.24, 2.45) is 7.05 Å². The molecule has 0 fully saturated rings. The van der Waals surface area contributed by atoms with Crippen molar-refractivity contribution in [2.45, 2.75) is 39.2 Å². The number of para-hydroxylation sites is 1. The highest BCUT2D eigenvalue weighted by Gasteiger charge is 2.24. The minimum Gasteiger partial charge on any atom is -0.497 e. The molecule has 176 valence electrons. The third-order valence-electron chi connectivity index (χ3n) is 6.28. The predicted octanol–water partition coefficient (Wildman–Crippen LogP) is 5.31. The Morgan fingerprint density at radius 2 is 1.62 bits per heavy atom. The second kappa shape index (κ2) is 9.59. The molecule has 1 heterocycles. The number of benzene rings is 3. The number of rotatable bonds is 7. The van der Waals surface area contributed by atoms with Gasteiger partial charge in [-0.1, -0.05) is 56.3 Å². The van der Waals surface area contributed by atoms with Gasteiger partial charge in [-0.2, -0.15) is 0 Å². The molecule has 4 aromatic rings. The van der Waals surface area contributed by atoms with Crippen LogP contribution in [-0.4, -0.2) is 22.4 Å². The van der Waals surface area contributed by atoms with Crippen molar-refractivity contribution in [1.82, 2.24) is 9.36 Å². The van der Waals surface area contributed by atoms with Gasteiger partial charge < -0.3 is 9.47 Å². The Kier molecular flexibility index (Phi) is 6.59. The summed E-state index contributed by atoms with van der Waals surface area (Å²) in [5.41, 5.74) is 2.92. The third-order valence-corrected chi connectivity index (χ3v) is 6.28. The molecule has 6 nitrogen and oxygen atoms in total. The van der Waals surface area contributed by atoms with Gasteiger partial charge in [0.15, 0.2) is 0 Å². The van der Waals surface area contributed by atoms with Gasteiger partial charge in [-0.15, -0.1) is 0 Å². The minimum atomic E-state index is -0.442. The highest BCUT2D eigenvalue weighted by atomic mass is 16.5. The van der Waals surface area contributed by atoms with Crippen LogP contribution in [0, 0.1) is 0 Å². The van der Waals surface area contributed by atoms with Crippen LogP contribution in [0.15, 0.2) is 71.5 Å². The smallest absolute Gasteiger partial charge is 0.313 e. The van der Waals surface area contributed by atoms with Crippen LogP contribution in [0.3, 0.4) is 0 Å². The van der Waals surface area contributed by atoms with Gasteiger partial charge in [-0.25, -0.2) is 4.68 Å². The molecule has 0 saturated heterocycles. The molecule has 34 heavy (non-hydrogen) atoms. The fourth-order valence-electron chi connectivity index (χ4n) is 4.32. The Morgan fingerprint density at radius 3 is 2.29 bits per heavy atom. The second-order valence-electron chi connectivity index (χ2n) is 8.79. The van der Waals surface area contributed by atoms with Gasteiger partial charge in [-0.05, 0) is 53.4 Å². The zero-order valence-corrected chi connectivity index (χ0v) is 20.2. The summed E-state index contributed by atoms with van der Waals surface area (Å²) in [7, 11) is 3.46. The lowest BCUT2D eigenvalue weighted by Crippen LogP contribution is -2.21. The molecule has 1 aromatic heterocycles. The molecular weight excluding hydrogens is 428 g/mol. The summed E-state index contributed by atoms with van der Waals surface area (Å²) in [4.78, 5) is 26.2. The standard InChI is InChI=1S/C28H30N2O4/c1-18(2)26-25(29(4)30(27(26)31)23-9-7-6-8-10-23)17-34-28(32)19(3)20-11-12-22-16-24(33-5)14-13-21(22)15-20/h6-16,18-19H,17H2,1-5H3. The molecule has 1 unspecified atom stereocenters. The molecular formula is C28H30N2O4. The molecule has 3 aromatic carbocycles. The van der Waals surface area contributed by atoms with Crippen molar-refractivity contribution >= 4 is 16.7 Å². The van der Waals surface area contributed by atoms with Crippen LogP contribution in [0.2, 0.25) is 0 Å². The lowest BCUT2D eigenvalue weighted by molar-refractivity contribution is -0.146. The van der Waals surface area contributed by atoms with Crippen LogP contribution in [0.4, 0.5) is 0 Å². The summed E-state index contributed by atoms with van der Waals surface area (Å²) in [6.45, 7) is 5.83. The van der Waals surface area contributed by atoms with E-state index in [2.05, 4.69) is 0 Å². The molecule has 0 bridgehead atoms. The van der Waals surface area contributed by atoms with E-state index in [1.807, 2.05) is 94.5 Å². The average Bonchev–Trinajstić information content (AvgIpc) is 3.10. The fraction of sp³-hybridized carbons (Fsp3) is 0.286. The molecule has 6 heteroatoms. The van der Waals surface area contributed by atoms with E-state index < -0.39 is 5.92 Å². The molecule has 0 amide bonds. The number of esters is 1. The van der Waals surface area contributed by atoms with Gasteiger partial charge >= 0.3 is 5.97 Å². The summed E-state index contributed by atoms with van der Waals surface area (Å²) in [5, 5.41) is 2.07. The molecule has 0 saturated carbocycles. The third kappa shape index (κ3) is 4.36. The van der Waals surface area contributed by atoms with E-state index in [9.17, 15) is 9.59 Å². The first-order valence-electron chi connectivity index (χ1n) is 11.4. The lowest BCUT2D eigenvalue weighted by Gasteiger charge is -2.15. The van der Waals surface area contributed by atoms with Crippen molar-refractivity contribution < 1.29 is 14.3 Å². The average molecular weight is 459 g/mol. The number of ether oxygens (including phenoxy) is 2. The second-order valence-corrected chi connectivity index (χ2v) is 8.79. The zero-order chi connectivity index (χ0) is 24.4. The monoisotopic (exact) mass is 458 g/mol. The van der Waals surface area contributed by atoms with E-state index in [1.165, 1.54) is 0 Å². The van der Waals surface area contributed by atoms with Gasteiger partial charge in [0, 0.05) is 12.6 Å². The highest BCUT2D eigenvalue weighted by Crippen LogP contribution is 2.26. The van der Waals surface area contributed by atoms with Crippen LogP contribution in [0.1, 0.15) is 49.4 Å². The quantitative estimate of drug-likeness (QED) is 0.352. The molecule has 0 aliphatic heterocycles. The summed E-state index contributed by atoms with van der Waals surface area (Å²) in [6.07, 6.45) is 0. The molecule has 1 atom stereocenters. The predicted molar refractivity (Wildman–Crippen MR) is 134 cm³/mol. The molecule has 0 spiro atoms. The lowest BCUT2D eigenvalue weighted by atomic mass is 9.98. The molecule has 0 radical (unpaired) electrons. The topological polar surface area (TPSA) is 62.5 Å². The van der Waals surface area contributed by atoms with Crippen molar-refractivity contribution in [3.8, 4) is 11.4 Å². The van der Waals surface area contributed by atoms with E-state index in [0.717, 1.165) is 27.8 Å². The van der Waals surface area contributed by atoms with E-state index in [1.54, 1.807) is 16.5 Å². The van der Waals surface area contributed by atoms with E-state index in [4.69, 9.17) is 9.47 Å². The van der Waals surface area contributed by atoms with Crippen LogP contribution in [0.5, 0.6) is 5.75 Å². The van der Waals surface area contributed by atoms with E-state index in [-0.39, 0.29) is 24.1 Å². The first-order chi connectivity index (χ1) is 16.3. The number of methoxy groups -OCH3 is 1. The minimum absolute atomic E-state index is 0.00716. The zero-order valence-electron chi connectivity index (χ0n) is 20.2. The number of aromatic nitrogens is 2. The van der Waals surface area contributed by atoms with Crippen LogP contribution >= 0.6 is 0 Å². The van der Waals surface area contributed by atoms with Gasteiger partial charge in [0.25, 0.3) is 5.56 Å². The summed E-state index contributed by atoms with van der Waals surface area (Å²) in [6, 6.07) is 21.2. The Hall–Kier alpha value is -3.80. The van der Waals surface area contributed by atoms with Crippen molar-refractivity contribution in [3.63, 3.8) is 0 Å². The number of nitrogens with zero attached hydrogens (tertiary/aromatic N) is 2. The largest absolute Gasteiger partial charge is 0.497 e. The van der Waals surface area contributed by atoms with Crippen LogP contribution < -0.4 is 10.3 Å². The highest BCUT2D eigenvalue weighted by molar-refractivity contribution is 5.86. The van der Waals surface area contributed by atoms with E-state index >= 15 is 0 Å². The first-order valence-corrected chi connectivity index (χ1v) is 11.4. The molecule has 4 rings (SSSR count). The number of fused-ring (bicyclic) bond motifs is 1. The Bertz CT molecular complexity index is 1380. The van der Waals surface area contributed by atoms with Crippen molar-refractivity contribution in [2.75, 3.05) is 7.11 Å². The molecule has 0 aliphatic carbocycles. The maximum Gasteiger partial charge on any atom is 0.313 e. The first kappa shape index (κ1) is 23.4. The fourth-order valence-corrected chi connectivity index (χ4v) is 4.32. The Labute approximate surface area is 199 Å². The molecule has 0 aliphatic rings. The molecule has 0 N–H and O–H groups in total. The van der Waals surface area contributed by atoms with Gasteiger partial charge in [0.05, 0.1) is 24.4 Å². The van der Waals surface area contributed by atoms with Crippen LogP contribution in [0.25, 0.3) is 16.5 Å².